The fourth-order valence-corrected chi connectivity index (χ4v) is 3.78. The molecule has 1 heterocycles. The Morgan fingerprint density at radius 3 is 2.71 bits per heavy atom. The van der Waals surface area contributed by atoms with Crippen molar-refractivity contribution in [1.29, 1.82) is 0 Å². The van der Waals surface area contributed by atoms with Gasteiger partial charge in [0.1, 0.15) is 5.69 Å². The molecule has 0 aliphatic heterocycles. The summed E-state index contributed by atoms with van der Waals surface area (Å²) in [7, 11) is 1.38. The van der Waals surface area contributed by atoms with Gasteiger partial charge in [-0.3, -0.25) is 19.6 Å². The summed E-state index contributed by atoms with van der Waals surface area (Å²) < 4.78 is 6.37. The summed E-state index contributed by atoms with van der Waals surface area (Å²) in [6, 6.07) is 0. The van der Waals surface area contributed by atoms with E-state index in [9.17, 15) is 14.9 Å². The zero-order valence-electron chi connectivity index (χ0n) is 12.4. The van der Waals surface area contributed by atoms with Crippen molar-refractivity contribution in [2.75, 3.05) is 12.9 Å². The van der Waals surface area contributed by atoms with Gasteiger partial charge >= 0.3 is 11.7 Å². The van der Waals surface area contributed by atoms with E-state index in [-0.39, 0.29) is 22.0 Å². The number of esters is 1. The molecule has 0 amide bonds. The van der Waals surface area contributed by atoms with Crippen molar-refractivity contribution < 1.29 is 14.5 Å². The van der Waals surface area contributed by atoms with Crippen LogP contribution >= 0.6 is 11.8 Å². The summed E-state index contributed by atoms with van der Waals surface area (Å²) in [4.78, 5) is 22.2. The molecule has 2 rings (SSSR count). The molecule has 0 saturated heterocycles. The number of carbonyl (C=O) groups is 1. The molecule has 21 heavy (non-hydrogen) atoms. The fraction of sp³-hybridized carbons (Fsp3) is 0.692. The lowest BCUT2D eigenvalue weighted by atomic mass is 10.1. The Hall–Kier alpha value is -1.57. The number of aromatic nitrogens is 2. The highest BCUT2D eigenvalue weighted by molar-refractivity contribution is 7.99. The van der Waals surface area contributed by atoms with Crippen LogP contribution in [0.1, 0.15) is 31.9 Å². The minimum Gasteiger partial charge on any atom is -0.469 e. The first-order chi connectivity index (χ1) is 9.92. The van der Waals surface area contributed by atoms with Gasteiger partial charge in [0.15, 0.2) is 5.03 Å². The minimum absolute atomic E-state index is 0.0671. The van der Waals surface area contributed by atoms with Crippen molar-refractivity contribution in [3.63, 3.8) is 0 Å². The number of hydrogen-bond acceptors (Lipinski definition) is 6. The Morgan fingerprint density at radius 2 is 2.24 bits per heavy atom. The van der Waals surface area contributed by atoms with Crippen LogP contribution < -0.4 is 0 Å². The highest BCUT2D eigenvalue weighted by Gasteiger charge is 2.45. The van der Waals surface area contributed by atoms with Gasteiger partial charge < -0.3 is 4.74 Å². The van der Waals surface area contributed by atoms with E-state index < -0.39 is 0 Å². The van der Waals surface area contributed by atoms with Crippen molar-refractivity contribution in [1.82, 2.24) is 9.78 Å². The maximum absolute atomic E-state index is 11.4. The summed E-state index contributed by atoms with van der Waals surface area (Å²) >= 11 is 1.42. The lowest BCUT2D eigenvalue weighted by Gasteiger charge is -2.13. The second-order valence-corrected chi connectivity index (χ2v) is 6.32. The van der Waals surface area contributed by atoms with Gasteiger partial charge in [0.2, 0.25) is 0 Å². The first-order valence-corrected chi connectivity index (χ1v) is 7.82. The molecule has 1 aliphatic rings. The highest BCUT2D eigenvalue weighted by atomic mass is 32.2. The number of hydrogen-bond donors (Lipinski definition) is 0. The quantitative estimate of drug-likeness (QED) is 0.333. The lowest BCUT2D eigenvalue weighted by molar-refractivity contribution is -0.388. The lowest BCUT2D eigenvalue weighted by Crippen LogP contribution is -2.13. The number of nitrogens with zero attached hydrogens (tertiary/aromatic N) is 3. The zero-order chi connectivity index (χ0) is 15.6. The van der Waals surface area contributed by atoms with Crippen LogP contribution in [0.15, 0.2) is 5.03 Å². The van der Waals surface area contributed by atoms with Crippen LogP contribution in [-0.4, -0.2) is 33.5 Å². The number of rotatable bonds is 7. The number of thioether (sulfide) groups is 1. The molecule has 0 aromatic carbocycles. The first-order valence-electron chi connectivity index (χ1n) is 6.84. The predicted octanol–water partition coefficient (Wildman–Crippen LogP) is 2.56. The topological polar surface area (TPSA) is 87.3 Å². The molecule has 0 atom stereocenters. The standard InChI is InChI=1S/C13H19N3O4S/c1-4-15-12(11(16(18)19)9(2)14-15)21-8-13(5-6-13)7-10(17)20-3/h4-8H2,1-3H3. The summed E-state index contributed by atoms with van der Waals surface area (Å²) in [6.07, 6.45) is 2.30. The van der Waals surface area contributed by atoms with E-state index in [2.05, 4.69) is 5.10 Å². The second kappa shape index (κ2) is 6.05. The van der Waals surface area contributed by atoms with Crippen LogP contribution in [0.25, 0.3) is 0 Å². The molecule has 7 nitrogen and oxygen atoms in total. The van der Waals surface area contributed by atoms with E-state index in [0.29, 0.717) is 29.4 Å². The average molecular weight is 313 g/mol. The molecular formula is C13H19N3O4S. The van der Waals surface area contributed by atoms with E-state index >= 15 is 0 Å². The second-order valence-electron chi connectivity index (χ2n) is 5.35. The molecule has 1 aromatic heterocycles. The maximum atomic E-state index is 11.4. The third kappa shape index (κ3) is 3.37. The molecule has 0 radical (unpaired) electrons. The third-order valence-corrected chi connectivity index (χ3v) is 5.19. The number of methoxy groups -OCH3 is 1. The molecule has 116 valence electrons. The Bertz CT molecular complexity index is 566. The summed E-state index contributed by atoms with van der Waals surface area (Å²) in [5, 5.41) is 16.0. The SMILES string of the molecule is CCn1nc(C)c([N+](=O)[O-])c1SCC1(CC(=O)OC)CC1. The van der Waals surface area contributed by atoms with E-state index in [1.807, 2.05) is 6.92 Å². The Balaban J connectivity index is 2.13. The molecule has 0 unspecified atom stereocenters. The van der Waals surface area contributed by atoms with Crippen molar-refractivity contribution in [3.8, 4) is 0 Å². The van der Waals surface area contributed by atoms with Gasteiger partial charge in [0.25, 0.3) is 0 Å². The van der Waals surface area contributed by atoms with E-state index in [1.54, 1.807) is 11.6 Å². The Labute approximate surface area is 127 Å². The van der Waals surface area contributed by atoms with Gasteiger partial charge in [0.05, 0.1) is 18.5 Å². The van der Waals surface area contributed by atoms with Gasteiger partial charge in [-0.05, 0) is 32.1 Å². The fourth-order valence-electron chi connectivity index (χ4n) is 2.27. The monoisotopic (exact) mass is 313 g/mol. The van der Waals surface area contributed by atoms with Crippen LogP contribution in [0, 0.1) is 22.5 Å². The molecule has 1 saturated carbocycles. The Morgan fingerprint density at radius 1 is 1.57 bits per heavy atom. The third-order valence-electron chi connectivity index (χ3n) is 3.75. The van der Waals surface area contributed by atoms with E-state index in [1.165, 1.54) is 18.9 Å². The number of nitro groups is 1. The van der Waals surface area contributed by atoms with Crippen LogP contribution in [0.5, 0.6) is 0 Å². The van der Waals surface area contributed by atoms with Crippen molar-refractivity contribution >= 4 is 23.4 Å². The molecule has 1 fully saturated rings. The molecule has 0 spiro atoms. The van der Waals surface area contributed by atoms with Crippen LogP contribution in [0.4, 0.5) is 5.69 Å². The van der Waals surface area contributed by atoms with Gasteiger partial charge in [0, 0.05) is 12.3 Å². The number of carbonyl (C=O) groups excluding carboxylic acids is 1. The highest BCUT2D eigenvalue weighted by Crippen LogP contribution is 2.52. The smallest absolute Gasteiger partial charge is 0.323 e. The first kappa shape index (κ1) is 15.8. The van der Waals surface area contributed by atoms with Crippen LogP contribution in [0.3, 0.4) is 0 Å². The summed E-state index contributed by atoms with van der Waals surface area (Å²) in [5.41, 5.74) is 0.445. The normalized spacial score (nSPS) is 15.8. The summed E-state index contributed by atoms with van der Waals surface area (Å²) in [6.45, 7) is 4.14. The number of ether oxygens (including phenoxy) is 1. The predicted molar refractivity (Wildman–Crippen MR) is 78.3 cm³/mol. The molecule has 8 heteroatoms. The molecule has 0 N–H and O–H groups in total. The van der Waals surface area contributed by atoms with Crippen molar-refractivity contribution in [2.45, 2.75) is 44.7 Å². The molecular weight excluding hydrogens is 294 g/mol. The largest absolute Gasteiger partial charge is 0.469 e. The van der Waals surface area contributed by atoms with Gasteiger partial charge in [-0.15, -0.1) is 0 Å². The van der Waals surface area contributed by atoms with Crippen molar-refractivity contribution in [2.24, 2.45) is 5.41 Å². The van der Waals surface area contributed by atoms with Crippen molar-refractivity contribution in [3.05, 3.63) is 15.8 Å². The zero-order valence-corrected chi connectivity index (χ0v) is 13.2. The van der Waals surface area contributed by atoms with Crippen LogP contribution in [-0.2, 0) is 16.1 Å². The number of aryl methyl sites for hydroxylation is 2. The molecule has 1 aliphatic carbocycles. The van der Waals surface area contributed by atoms with Gasteiger partial charge in [-0.2, -0.15) is 5.10 Å². The van der Waals surface area contributed by atoms with Gasteiger partial charge in [-0.25, -0.2) is 0 Å². The minimum atomic E-state index is -0.378. The summed E-state index contributed by atoms with van der Waals surface area (Å²) in [5.74, 6) is 0.455. The maximum Gasteiger partial charge on any atom is 0.323 e. The Kier molecular flexibility index (Phi) is 4.55. The van der Waals surface area contributed by atoms with Crippen LogP contribution in [0.2, 0.25) is 0 Å². The van der Waals surface area contributed by atoms with E-state index in [0.717, 1.165) is 12.8 Å². The molecule has 1 aromatic rings. The molecule has 0 bridgehead atoms. The average Bonchev–Trinajstić information content (AvgIpc) is 3.11. The van der Waals surface area contributed by atoms with Gasteiger partial charge in [-0.1, -0.05) is 11.8 Å². The van der Waals surface area contributed by atoms with E-state index in [4.69, 9.17) is 4.74 Å².